The molecular weight excluding hydrogens is 380 g/mol. The largest absolute Gasteiger partial charge is 0.467 e. The molecule has 0 aliphatic heterocycles. The van der Waals surface area contributed by atoms with Crippen LogP contribution in [0.4, 0.5) is 5.13 Å². The Bertz CT molecular complexity index is 1180. The molecule has 0 aliphatic rings. The van der Waals surface area contributed by atoms with Crippen molar-refractivity contribution in [1.82, 2.24) is 4.98 Å². The molecule has 2 heterocycles. The summed E-state index contributed by atoms with van der Waals surface area (Å²) in [6.45, 7) is 8.65. The number of hydrogen-bond acceptors (Lipinski definition) is 4. The first kappa shape index (κ1) is 19.4. The number of fused-ring (bicyclic) bond motifs is 1. The van der Waals surface area contributed by atoms with Gasteiger partial charge in [-0.05, 0) is 68.1 Å². The monoisotopic (exact) mass is 404 g/mol. The van der Waals surface area contributed by atoms with E-state index in [0.717, 1.165) is 32.7 Å². The van der Waals surface area contributed by atoms with E-state index in [1.165, 1.54) is 11.1 Å². The minimum atomic E-state index is 0.0155. The molecule has 2 aromatic heterocycles. The van der Waals surface area contributed by atoms with Crippen LogP contribution in [0.15, 0.2) is 53.1 Å². The van der Waals surface area contributed by atoms with Crippen LogP contribution in [0.3, 0.4) is 0 Å². The van der Waals surface area contributed by atoms with Gasteiger partial charge in [0, 0.05) is 0 Å². The van der Waals surface area contributed by atoms with Gasteiger partial charge in [0.15, 0.2) is 5.13 Å². The molecule has 0 N–H and O–H groups in total. The summed E-state index contributed by atoms with van der Waals surface area (Å²) in [6, 6.07) is 14.1. The molecule has 4 nitrogen and oxygen atoms in total. The molecule has 0 atom stereocenters. The third-order valence-corrected chi connectivity index (χ3v) is 6.38. The Balaban J connectivity index is 1.71. The highest BCUT2D eigenvalue weighted by molar-refractivity contribution is 7.22. The second kappa shape index (κ2) is 7.84. The van der Waals surface area contributed by atoms with Crippen molar-refractivity contribution in [2.45, 2.75) is 40.7 Å². The number of rotatable bonds is 5. The number of nitrogens with zero attached hydrogens (tertiary/aromatic N) is 2. The first-order valence-electron chi connectivity index (χ1n) is 9.68. The average molecular weight is 405 g/mol. The van der Waals surface area contributed by atoms with E-state index in [2.05, 4.69) is 52.0 Å². The number of aromatic nitrogens is 1. The molecule has 0 fully saturated rings. The van der Waals surface area contributed by atoms with Crippen molar-refractivity contribution < 1.29 is 9.21 Å². The molecule has 0 saturated heterocycles. The Morgan fingerprint density at radius 1 is 1.07 bits per heavy atom. The predicted molar refractivity (Wildman–Crippen MR) is 119 cm³/mol. The lowest BCUT2D eigenvalue weighted by Crippen LogP contribution is -2.31. The van der Waals surface area contributed by atoms with Gasteiger partial charge in [-0.2, -0.15) is 0 Å². The van der Waals surface area contributed by atoms with Gasteiger partial charge in [0.25, 0.3) is 0 Å². The van der Waals surface area contributed by atoms with Crippen molar-refractivity contribution in [2.24, 2.45) is 0 Å². The Hall–Kier alpha value is -2.92. The number of thiazole rings is 1. The second-order valence-electron chi connectivity index (χ2n) is 7.52. The molecule has 0 aliphatic carbocycles. The average Bonchev–Trinajstić information content (AvgIpc) is 3.35. The summed E-state index contributed by atoms with van der Waals surface area (Å²) in [5.74, 6) is 0.757. The Labute approximate surface area is 174 Å². The van der Waals surface area contributed by atoms with Gasteiger partial charge in [0.2, 0.25) is 5.91 Å². The van der Waals surface area contributed by atoms with E-state index in [1.54, 1.807) is 22.5 Å². The lowest BCUT2D eigenvalue weighted by atomic mass is 10.0. The molecule has 0 unspecified atom stereocenters. The summed E-state index contributed by atoms with van der Waals surface area (Å²) in [4.78, 5) is 19.9. The SMILES string of the molecule is Cc1ccc(CC(=O)N(Cc2ccco2)c2nc3c(C)c(C)ccc3s2)c(C)c1. The van der Waals surface area contributed by atoms with Gasteiger partial charge in [-0.15, -0.1) is 0 Å². The number of carbonyl (C=O) groups excluding carboxylic acids is 1. The minimum Gasteiger partial charge on any atom is -0.467 e. The third-order valence-electron chi connectivity index (χ3n) is 5.34. The topological polar surface area (TPSA) is 46.3 Å². The molecule has 4 rings (SSSR count). The Morgan fingerprint density at radius 2 is 1.90 bits per heavy atom. The van der Waals surface area contributed by atoms with E-state index >= 15 is 0 Å². The highest BCUT2D eigenvalue weighted by Crippen LogP contribution is 2.33. The van der Waals surface area contributed by atoms with Gasteiger partial charge in [-0.3, -0.25) is 9.69 Å². The van der Waals surface area contributed by atoms with Crippen LogP contribution in [0.25, 0.3) is 10.2 Å². The van der Waals surface area contributed by atoms with Crippen LogP contribution in [0.1, 0.15) is 33.6 Å². The smallest absolute Gasteiger partial charge is 0.233 e. The molecule has 5 heteroatoms. The standard InChI is InChI=1S/C24H24N2O2S/c1-15-7-9-19(17(3)12-15)13-22(27)26(14-20-6-5-11-28-20)24-25-23-18(4)16(2)8-10-21(23)29-24/h5-12H,13-14H2,1-4H3. The molecule has 29 heavy (non-hydrogen) atoms. The number of hydrogen-bond donors (Lipinski definition) is 0. The maximum atomic E-state index is 13.4. The van der Waals surface area contributed by atoms with Crippen molar-refractivity contribution in [3.8, 4) is 0 Å². The zero-order chi connectivity index (χ0) is 20.5. The van der Waals surface area contributed by atoms with E-state index < -0.39 is 0 Å². The Kier molecular flexibility index (Phi) is 5.24. The van der Waals surface area contributed by atoms with Crippen LogP contribution < -0.4 is 4.90 Å². The summed E-state index contributed by atoms with van der Waals surface area (Å²) in [6.07, 6.45) is 1.97. The highest BCUT2D eigenvalue weighted by Gasteiger charge is 2.22. The second-order valence-corrected chi connectivity index (χ2v) is 8.53. The summed E-state index contributed by atoms with van der Waals surface area (Å²) < 4.78 is 6.61. The minimum absolute atomic E-state index is 0.0155. The molecule has 2 aromatic carbocycles. The van der Waals surface area contributed by atoms with E-state index in [-0.39, 0.29) is 5.91 Å². The molecular formula is C24H24N2O2S. The number of amides is 1. The molecule has 0 saturated carbocycles. The Morgan fingerprint density at radius 3 is 2.62 bits per heavy atom. The van der Waals surface area contributed by atoms with Crippen molar-refractivity contribution >= 4 is 32.6 Å². The van der Waals surface area contributed by atoms with E-state index in [1.807, 2.05) is 18.2 Å². The zero-order valence-corrected chi connectivity index (χ0v) is 18.0. The van der Waals surface area contributed by atoms with Crippen molar-refractivity contribution in [2.75, 3.05) is 4.90 Å². The van der Waals surface area contributed by atoms with Crippen LogP contribution in [-0.4, -0.2) is 10.9 Å². The highest BCUT2D eigenvalue weighted by atomic mass is 32.1. The predicted octanol–water partition coefficient (Wildman–Crippen LogP) is 5.90. The molecule has 148 valence electrons. The molecule has 0 spiro atoms. The number of carbonyl (C=O) groups is 1. The summed E-state index contributed by atoms with van der Waals surface area (Å²) in [5, 5.41) is 0.708. The van der Waals surface area contributed by atoms with Crippen molar-refractivity contribution in [3.05, 3.63) is 82.3 Å². The fourth-order valence-corrected chi connectivity index (χ4v) is 4.49. The van der Waals surface area contributed by atoms with Crippen LogP contribution in [0.2, 0.25) is 0 Å². The number of benzene rings is 2. The molecule has 1 amide bonds. The maximum absolute atomic E-state index is 13.4. The van der Waals surface area contributed by atoms with E-state index in [4.69, 9.17) is 9.40 Å². The van der Waals surface area contributed by atoms with Crippen molar-refractivity contribution in [1.29, 1.82) is 0 Å². The first-order valence-corrected chi connectivity index (χ1v) is 10.5. The molecule has 0 radical (unpaired) electrons. The fraction of sp³-hybridized carbons (Fsp3) is 0.250. The van der Waals surface area contributed by atoms with E-state index in [0.29, 0.717) is 18.1 Å². The number of furan rings is 1. The lowest BCUT2D eigenvalue weighted by Gasteiger charge is -2.19. The molecule has 0 bridgehead atoms. The summed E-state index contributed by atoms with van der Waals surface area (Å²) in [7, 11) is 0. The fourth-order valence-electron chi connectivity index (χ4n) is 3.45. The lowest BCUT2D eigenvalue weighted by molar-refractivity contribution is -0.118. The number of aryl methyl sites for hydroxylation is 4. The maximum Gasteiger partial charge on any atom is 0.233 e. The first-order chi connectivity index (χ1) is 13.9. The van der Waals surface area contributed by atoms with Gasteiger partial charge in [-0.1, -0.05) is 41.2 Å². The normalized spacial score (nSPS) is 11.2. The summed E-state index contributed by atoms with van der Waals surface area (Å²) in [5.41, 5.74) is 6.69. The van der Waals surface area contributed by atoms with Crippen LogP contribution >= 0.6 is 11.3 Å². The van der Waals surface area contributed by atoms with E-state index in [9.17, 15) is 4.79 Å². The van der Waals surface area contributed by atoms with Gasteiger partial charge in [0.1, 0.15) is 5.76 Å². The van der Waals surface area contributed by atoms with Gasteiger partial charge < -0.3 is 4.42 Å². The molecule has 4 aromatic rings. The van der Waals surface area contributed by atoms with Crippen molar-refractivity contribution in [3.63, 3.8) is 0 Å². The third kappa shape index (κ3) is 3.96. The quantitative estimate of drug-likeness (QED) is 0.416. The van der Waals surface area contributed by atoms with Gasteiger partial charge >= 0.3 is 0 Å². The van der Waals surface area contributed by atoms with Crippen LogP contribution in [0, 0.1) is 27.7 Å². The van der Waals surface area contributed by atoms with Gasteiger partial charge in [-0.25, -0.2) is 4.98 Å². The number of anilines is 1. The summed E-state index contributed by atoms with van der Waals surface area (Å²) >= 11 is 1.55. The van der Waals surface area contributed by atoms with Crippen LogP contribution in [0.5, 0.6) is 0 Å². The zero-order valence-electron chi connectivity index (χ0n) is 17.2. The van der Waals surface area contributed by atoms with Gasteiger partial charge in [0.05, 0.1) is 29.4 Å². The van der Waals surface area contributed by atoms with Crippen LogP contribution in [-0.2, 0) is 17.8 Å².